The van der Waals surface area contributed by atoms with E-state index in [1.807, 2.05) is 24.3 Å². The molecule has 5 heteroatoms. The Labute approximate surface area is 94.4 Å². The van der Waals surface area contributed by atoms with Gasteiger partial charge in [0.05, 0.1) is 5.69 Å². The van der Waals surface area contributed by atoms with Crippen molar-refractivity contribution < 1.29 is 9.53 Å². The molecule has 1 aliphatic heterocycles. The molecule has 0 spiro atoms. The number of carbonyl (C=O) groups excluding carboxylic acids is 1. The van der Waals surface area contributed by atoms with Gasteiger partial charge in [-0.15, -0.1) is 12.4 Å². The van der Waals surface area contributed by atoms with Crippen LogP contribution in [0.1, 0.15) is 0 Å². The minimum absolute atomic E-state index is 0. The van der Waals surface area contributed by atoms with Gasteiger partial charge in [-0.1, -0.05) is 12.1 Å². The molecule has 0 saturated carbocycles. The quantitative estimate of drug-likeness (QED) is 0.715. The number of amides is 1. The highest BCUT2D eigenvalue weighted by atomic mass is 35.5. The van der Waals surface area contributed by atoms with E-state index in [2.05, 4.69) is 0 Å². The highest BCUT2D eigenvalue weighted by Gasteiger charge is 2.25. The van der Waals surface area contributed by atoms with Crippen LogP contribution in [0.2, 0.25) is 0 Å². The third-order valence-corrected chi connectivity index (χ3v) is 2.29. The van der Waals surface area contributed by atoms with Gasteiger partial charge in [0.2, 0.25) is 5.91 Å². The zero-order valence-electron chi connectivity index (χ0n) is 8.34. The summed E-state index contributed by atoms with van der Waals surface area (Å²) in [6, 6.07) is 6.83. The number of carbonyl (C=O) groups is 1. The number of ether oxygens (including phenoxy) is 1. The van der Waals surface area contributed by atoms with Gasteiger partial charge in [0, 0.05) is 7.05 Å². The normalized spacial score (nSPS) is 19.7. The maximum absolute atomic E-state index is 11.6. The molecule has 1 heterocycles. The van der Waals surface area contributed by atoms with Crippen LogP contribution >= 0.6 is 12.4 Å². The second-order valence-electron chi connectivity index (χ2n) is 3.28. The molecule has 0 fully saturated rings. The molecule has 2 N–H and O–H groups in total. The van der Waals surface area contributed by atoms with Crippen LogP contribution in [0, 0.1) is 0 Å². The minimum atomic E-state index is -0.576. The smallest absolute Gasteiger partial charge is 0.247 e. The number of hydrogen-bond donors (Lipinski definition) is 1. The van der Waals surface area contributed by atoms with Crippen molar-refractivity contribution in [3.8, 4) is 5.75 Å². The summed E-state index contributed by atoms with van der Waals surface area (Å²) >= 11 is 0. The number of fused-ring (bicyclic) bond motifs is 1. The van der Waals surface area contributed by atoms with Crippen molar-refractivity contribution in [2.75, 3.05) is 18.6 Å². The summed E-state index contributed by atoms with van der Waals surface area (Å²) in [7, 11) is 1.70. The van der Waals surface area contributed by atoms with E-state index in [9.17, 15) is 4.79 Å². The van der Waals surface area contributed by atoms with Crippen molar-refractivity contribution in [3.05, 3.63) is 24.3 Å². The van der Waals surface area contributed by atoms with E-state index in [4.69, 9.17) is 10.5 Å². The van der Waals surface area contributed by atoms with Crippen molar-refractivity contribution in [2.45, 2.75) is 6.04 Å². The topological polar surface area (TPSA) is 55.6 Å². The highest BCUT2D eigenvalue weighted by molar-refractivity contribution is 5.98. The summed E-state index contributed by atoms with van der Waals surface area (Å²) in [4.78, 5) is 13.2. The molecule has 0 radical (unpaired) electrons. The Morgan fingerprint density at radius 3 is 2.87 bits per heavy atom. The number of anilines is 1. The highest BCUT2D eigenvalue weighted by Crippen LogP contribution is 2.29. The number of likely N-dealkylation sites (N-methyl/N-ethyl adjacent to an activating group) is 1. The zero-order chi connectivity index (χ0) is 10.1. The van der Waals surface area contributed by atoms with Gasteiger partial charge in [-0.3, -0.25) is 4.79 Å². The minimum Gasteiger partial charge on any atom is -0.489 e. The molecule has 0 aliphatic carbocycles. The second-order valence-corrected chi connectivity index (χ2v) is 3.28. The summed E-state index contributed by atoms with van der Waals surface area (Å²) in [5.41, 5.74) is 6.40. The summed E-state index contributed by atoms with van der Waals surface area (Å²) in [6.07, 6.45) is 0. The van der Waals surface area contributed by atoms with Crippen molar-refractivity contribution in [1.29, 1.82) is 0 Å². The van der Waals surface area contributed by atoms with Gasteiger partial charge >= 0.3 is 0 Å². The number of benzene rings is 1. The fraction of sp³-hybridized carbons (Fsp3) is 0.300. The molecule has 1 amide bonds. The van der Waals surface area contributed by atoms with Gasteiger partial charge in [-0.25, -0.2) is 0 Å². The van der Waals surface area contributed by atoms with E-state index in [1.54, 1.807) is 7.05 Å². The molecule has 1 aromatic carbocycles. The Morgan fingerprint density at radius 2 is 2.13 bits per heavy atom. The Morgan fingerprint density at radius 1 is 1.47 bits per heavy atom. The molecule has 15 heavy (non-hydrogen) atoms. The van der Waals surface area contributed by atoms with Gasteiger partial charge in [0.25, 0.3) is 0 Å². The first-order valence-electron chi connectivity index (χ1n) is 4.45. The predicted molar refractivity (Wildman–Crippen MR) is 60.6 cm³/mol. The zero-order valence-corrected chi connectivity index (χ0v) is 9.16. The van der Waals surface area contributed by atoms with Gasteiger partial charge in [0.15, 0.2) is 0 Å². The molecule has 0 saturated heterocycles. The molecule has 0 aromatic heterocycles. The van der Waals surface area contributed by atoms with Crippen LogP contribution in [0.15, 0.2) is 24.3 Å². The number of nitrogens with zero attached hydrogens (tertiary/aromatic N) is 1. The summed E-state index contributed by atoms with van der Waals surface area (Å²) in [6.45, 7) is 0.236. The Hall–Kier alpha value is -1.26. The maximum Gasteiger partial charge on any atom is 0.247 e. The first-order valence-corrected chi connectivity index (χ1v) is 4.45. The first kappa shape index (κ1) is 11.8. The van der Waals surface area contributed by atoms with Gasteiger partial charge in [-0.2, -0.15) is 0 Å². The molecule has 2 rings (SSSR count). The van der Waals surface area contributed by atoms with Crippen LogP contribution in [-0.2, 0) is 4.79 Å². The summed E-state index contributed by atoms with van der Waals surface area (Å²) < 4.78 is 5.41. The molecule has 4 nitrogen and oxygen atoms in total. The number of halogens is 1. The molecular weight excluding hydrogens is 216 g/mol. The fourth-order valence-electron chi connectivity index (χ4n) is 1.47. The lowest BCUT2D eigenvalue weighted by atomic mass is 10.2. The van der Waals surface area contributed by atoms with Gasteiger partial charge < -0.3 is 15.4 Å². The lowest BCUT2D eigenvalue weighted by Crippen LogP contribution is -2.43. The third kappa shape index (κ3) is 2.06. The monoisotopic (exact) mass is 228 g/mol. The van der Waals surface area contributed by atoms with Gasteiger partial charge in [-0.05, 0) is 12.1 Å². The van der Waals surface area contributed by atoms with Crippen molar-refractivity contribution in [3.63, 3.8) is 0 Å². The summed E-state index contributed by atoms with van der Waals surface area (Å²) in [5.74, 6) is 0.589. The van der Waals surface area contributed by atoms with E-state index in [1.165, 1.54) is 4.90 Å². The Bertz CT molecular complexity index is 370. The van der Waals surface area contributed by atoms with E-state index in [0.717, 1.165) is 5.69 Å². The van der Waals surface area contributed by atoms with Crippen molar-refractivity contribution in [2.24, 2.45) is 5.73 Å². The molecule has 1 aromatic rings. The molecule has 82 valence electrons. The average molecular weight is 229 g/mol. The van der Waals surface area contributed by atoms with Crippen LogP contribution in [0.3, 0.4) is 0 Å². The second kappa shape index (κ2) is 4.51. The van der Waals surface area contributed by atoms with E-state index < -0.39 is 6.04 Å². The lowest BCUT2D eigenvalue weighted by molar-refractivity contribution is -0.119. The Balaban J connectivity index is 0.00000112. The predicted octanol–water partition coefficient (Wildman–Crippen LogP) is 0.791. The fourth-order valence-corrected chi connectivity index (χ4v) is 1.47. The van der Waals surface area contributed by atoms with Crippen LogP contribution in [0.4, 0.5) is 5.69 Å². The Kier molecular flexibility index (Phi) is 3.55. The molecule has 0 bridgehead atoms. The van der Waals surface area contributed by atoms with E-state index in [-0.39, 0.29) is 24.9 Å². The third-order valence-electron chi connectivity index (χ3n) is 2.29. The van der Waals surface area contributed by atoms with Crippen LogP contribution in [0.5, 0.6) is 5.75 Å². The number of para-hydroxylation sites is 2. The van der Waals surface area contributed by atoms with E-state index >= 15 is 0 Å². The van der Waals surface area contributed by atoms with E-state index in [0.29, 0.717) is 5.75 Å². The average Bonchev–Trinajstić information content (AvgIpc) is 2.32. The van der Waals surface area contributed by atoms with Gasteiger partial charge in [0.1, 0.15) is 18.4 Å². The molecule has 1 atom stereocenters. The number of nitrogens with two attached hydrogens (primary N) is 1. The van der Waals surface area contributed by atoms with Crippen molar-refractivity contribution >= 4 is 24.0 Å². The van der Waals surface area contributed by atoms with Crippen LogP contribution in [-0.4, -0.2) is 25.6 Å². The lowest BCUT2D eigenvalue weighted by Gasteiger charge is -2.17. The number of hydrogen-bond acceptors (Lipinski definition) is 3. The molecule has 1 aliphatic rings. The number of rotatable bonds is 0. The first-order chi connectivity index (χ1) is 6.70. The largest absolute Gasteiger partial charge is 0.489 e. The standard InChI is InChI=1S/C10H12N2O2.ClH/c1-12-8-4-2-3-5-9(8)14-6-7(11)10(12)13;/h2-5,7H,6,11H2,1H3;1H/t7-;/m0./s1. The van der Waals surface area contributed by atoms with Crippen LogP contribution in [0.25, 0.3) is 0 Å². The molecular formula is C10H13ClN2O2. The maximum atomic E-state index is 11.6. The SMILES string of the molecule is CN1C(=O)[C@@H](N)COc2ccccc21.Cl. The molecule has 0 unspecified atom stereocenters. The van der Waals surface area contributed by atoms with Crippen LogP contribution < -0.4 is 15.4 Å². The van der Waals surface area contributed by atoms with Crippen molar-refractivity contribution in [1.82, 2.24) is 0 Å². The summed E-state index contributed by atoms with van der Waals surface area (Å²) in [5, 5.41) is 0.